The van der Waals surface area contributed by atoms with Gasteiger partial charge in [-0.05, 0) is 60.4 Å². The molecule has 4 heteroatoms. The van der Waals surface area contributed by atoms with Crippen molar-refractivity contribution in [2.24, 2.45) is 0 Å². The number of hydrogen-bond donors (Lipinski definition) is 1. The molecule has 0 saturated carbocycles. The maximum absolute atomic E-state index is 12.6. The molecule has 0 spiro atoms. The molecule has 0 atom stereocenters. The standard InChI is InChI=1S/C27H31N3O/c1-21-8-13-26(18-22(21)2)28-27(31)25-11-9-24(10-12-25)20-30-16-14-29(15-17-30)19-23-6-4-3-5-7-23/h3-13,18H,14-17,19-20H2,1-2H3,(H,28,31). The third-order valence-corrected chi connectivity index (χ3v) is 6.10. The molecule has 31 heavy (non-hydrogen) atoms. The molecule has 3 aromatic rings. The van der Waals surface area contributed by atoms with E-state index in [4.69, 9.17) is 0 Å². The average molecular weight is 414 g/mol. The van der Waals surface area contributed by atoms with E-state index in [1.807, 2.05) is 30.3 Å². The number of piperazine rings is 1. The van der Waals surface area contributed by atoms with Crippen molar-refractivity contribution >= 4 is 11.6 Å². The third kappa shape index (κ3) is 5.81. The van der Waals surface area contributed by atoms with Crippen LogP contribution in [0.2, 0.25) is 0 Å². The molecule has 160 valence electrons. The highest BCUT2D eigenvalue weighted by molar-refractivity contribution is 6.04. The Labute approximate surface area is 185 Å². The van der Waals surface area contributed by atoms with E-state index in [1.165, 1.54) is 22.3 Å². The molecule has 0 unspecified atom stereocenters. The van der Waals surface area contributed by atoms with Crippen molar-refractivity contribution in [3.8, 4) is 0 Å². The lowest BCUT2D eigenvalue weighted by molar-refractivity contribution is 0.102. The Bertz CT molecular complexity index is 1010. The molecule has 4 rings (SSSR count). The van der Waals surface area contributed by atoms with E-state index in [9.17, 15) is 4.79 Å². The van der Waals surface area contributed by atoms with Crippen LogP contribution in [0.3, 0.4) is 0 Å². The predicted molar refractivity (Wildman–Crippen MR) is 127 cm³/mol. The summed E-state index contributed by atoms with van der Waals surface area (Å²) in [7, 11) is 0. The molecule has 0 aromatic heterocycles. The highest BCUT2D eigenvalue weighted by Gasteiger charge is 2.17. The zero-order valence-corrected chi connectivity index (χ0v) is 18.5. The van der Waals surface area contributed by atoms with Gasteiger partial charge in [0, 0.05) is 50.5 Å². The smallest absolute Gasteiger partial charge is 0.255 e. The zero-order chi connectivity index (χ0) is 21.6. The van der Waals surface area contributed by atoms with Crippen LogP contribution in [0, 0.1) is 13.8 Å². The van der Waals surface area contributed by atoms with Crippen LogP contribution in [0.4, 0.5) is 5.69 Å². The summed E-state index contributed by atoms with van der Waals surface area (Å²) in [5.74, 6) is -0.0654. The summed E-state index contributed by atoms with van der Waals surface area (Å²) in [6.45, 7) is 10.4. The van der Waals surface area contributed by atoms with E-state index >= 15 is 0 Å². The lowest BCUT2D eigenvalue weighted by atomic mass is 10.1. The van der Waals surface area contributed by atoms with Crippen LogP contribution < -0.4 is 5.32 Å². The highest BCUT2D eigenvalue weighted by Crippen LogP contribution is 2.16. The lowest BCUT2D eigenvalue weighted by Crippen LogP contribution is -2.45. The topological polar surface area (TPSA) is 35.6 Å². The monoisotopic (exact) mass is 413 g/mol. The Morgan fingerprint density at radius 1 is 0.742 bits per heavy atom. The van der Waals surface area contributed by atoms with Crippen molar-refractivity contribution in [3.63, 3.8) is 0 Å². The van der Waals surface area contributed by atoms with Crippen LogP contribution in [0.1, 0.15) is 32.6 Å². The van der Waals surface area contributed by atoms with Crippen molar-refractivity contribution in [1.29, 1.82) is 0 Å². The van der Waals surface area contributed by atoms with Crippen LogP contribution in [0.15, 0.2) is 72.8 Å². The molecule has 3 aromatic carbocycles. The number of carbonyl (C=O) groups is 1. The number of carbonyl (C=O) groups excluding carboxylic acids is 1. The van der Waals surface area contributed by atoms with E-state index in [1.54, 1.807) is 0 Å². The molecule has 4 nitrogen and oxygen atoms in total. The lowest BCUT2D eigenvalue weighted by Gasteiger charge is -2.34. The number of rotatable bonds is 6. The molecule has 0 aliphatic carbocycles. The summed E-state index contributed by atoms with van der Waals surface area (Å²) in [5, 5.41) is 3.00. The Balaban J connectivity index is 1.27. The van der Waals surface area contributed by atoms with Gasteiger partial charge in [0.25, 0.3) is 5.91 Å². The summed E-state index contributed by atoms with van der Waals surface area (Å²) in [6, 6.07) is 24.7. The second-order valence-corrected chi connectivity index (χ2v) is 8.49. The second-order valence-electron chi connectivity index (χ2n) is 8.49. The van der Waals surface area contributed by atoms with Gasteiger partial charge in [0.05, 0.1) is 0 Å². The molecule has 1 heterocycles. The number of nitrogens with one attached hydrogen (secondary N) is 1. The van der Waals surface area contributed by atoms with Crippen molar-refractivity contribution in [2.75, 3.05) is 31.5 Å². The first-order valence-electron chi connectivity index (χ1n) is 11.0. The van der Waals surface area contributed by atoms with Crippen molar-refractivity contribution < 1.29 is 4.79 Å². The van der Waals surface area contributed by atoms with Crippen molar-refractivity contribution in [3.05, 3.63) is 101 Å². The van der Waals surface area contributed by atoms with Gasteiger partial charge in [0.2, 0.25) is 0 Å². The van der Waals surface area contributed by atoms with E-state index in [-0.39, 0.29) is 5.91 Å². The Kier molecular flexibility index (Phi) is 6.80. The zero-order valence-electron chi connectivity index (χ0n) is 18.5. The first-order chi connectivity index (χ1) is 15.1. The van der Waals surface area contributed by atoms with Crippen LogP contribution in [0.25, 0.3) is 0 Å². The van der Waals surface area contributed by atoms with Gasteiger partial charge in [-0.15, -0.1) is 0 Å². The minimum atomic E-state index is -0.0654. The Morgan fingerprint density at radius 2 is 1.32 bits per heavy atom. The predicted octanol–water partition coefficient (Wildman–Crippen LogP) is 4.87. The third-order valence-electron chi connectivity index (χ3n) is 6.10. The quantitative estimate of drug-likeness (QED) is 0.626. The van der Waals surface area contributed by atoms with E-state index in [0.29, 0.717) is 5.56 Å². The SMILES string of the molecule is Cc1ccc(NC(=O)c2ccc(CN3CCN(Cc4ccccc4)CC3)cc2)cc1C. The number of aryl methyl sites for hydroxylation is 2. The minimum Gasteiger partial charge on any atom is -0.322 e. The number of hydrogen-bond acceptors (Lipinski definition) is 3. The number of anilines is 1. The summed E-state index contributed by atoms with van der Waals surface area (Å²) in [5.41, 5.74) is 6.56. The summed E-state index contributed by atoms with van der Waals surface area (Å²) >= 11 is 0. The summed E-state index contributed by atoms with van der Waals surface area (Å²) in [4.78, 5) is 17.6. The van der Waals surface area contributed by atoms with Crippen LogP contribution in [-0.2, 0) is 13.1 Å². The Morgan fingerprint density at radius 3 is 1.90 bits per heavy atom. The number of nitrogens with zero attached hydrogens (tertiary/aromatic N) is 2. The van der Waals surface area contributed by atoms with Gasteiger partial charge in [-0.3, -0.25) is 14.6 Å². The van der Waals surface area contributed by atoms with Gasteiger partial charge in [-0.2, -0.15) is 0 Å². The van der Waals surface area contributed by atoms with Crippen LogP contribution >= 0.6 is 0 Å². The molecule has 1 saturated heterocycles. The molecular formula is C27H31N3O. The molecule has 1 fully saturated rings. The number of amides is 1. The minimum absolute atomic E-state index is 0.0654. The molecule has 1 aliphatic rings. The van der Waals surface area contributed by atoms with E-state index in [2.05, 4.69) is 71.4 Å². The van der Waals surface area contributed by atoms with E-state index in [0.717, 1.165) is 45.0 Å². The van der Waals surface area contributed by atoms with Gasteiger partial charge < -0.3 is 5.32 Å². The maximum atomic E-state index is 12.6. The van der Waals surface area contributed by atoms with Crippen molar-refractivity contribution in [1.82, 2.24) is 9.80 Å². The second kappa shape index (κ2) is 9.90. The van der Waals surface area contributed by atoms with Crippen LogP contribution in [0.5, 0.6) is 0 Å². The molecule has 1 amide bonds. The molecule has 1 N–H and O–H groups in total. The average Bonchev–Trinajstić information content (AvgIpc) is 2.79. The molecule has 1 aliphatic heterocycles. The highest BCUT2D eigenvalue weighted by atomic mass is 16.1. The first-order valence-corrected chi connectivity index (χ1v) is 11.0. The van der Waals surface area contributed by atoms with Crippen molar-refractivity contribution in [2.45, 2.75) is 26.9 Å². The first kappa shape index (κ1) is 21.3. The maximum Gasteiger partial charge on any atom is 0.255 e. The molecule has 0 radical (unpaired) electrons. The van der Waals surface area contributed by atoms with Gasteiger partial charge in [0.15, 0.2) is 0 Å². The van der Waals surface area contributed by atoms with Gasteiger partial charge >= 0.3 is 0 Å². The van der Waals surface area contributed by atoms with Gasteiger partial charge in [-0.25, -0.2) is 0 Å². The van der Waals surface area contributed by atoms with Gasteiger partial charge in [-0.1, -0.05) is 48.5 Å². The fraction of sp³-hybridized carbons (Fsp3) is 0.296. The van der Waals surface area contributed by atoms with Gasteiger partial charge in [0.1, 0.15) is 0 Å². The Hall–Kier alpha value is -2.95. The summed E-state index contributed by atoms with van der Waals surface area (Å²) in [6.07, 6.45) is 0. The normalized spacial score (nSPS) is 15.0. The van der Waals surface area contributed by atoms with E-state index < -0.39 is 0 Å². The molecule has 0 bridgehead atoms. The fourth-order valence-corrected chi connectivity index (χ4v) is 3.99. The largest absolute Gasteiger partial charge is 0.322 e. The summed E-state index contributed by atoms with van der Waals surface area (Å²) < 4.78 is 0. The molecular weight excluding hydrogens is 382 g/mol. The fourth-order valence-electron chi connectivity index (χ4n) is 3.99. The van der Waals surface area contributed by atoms with Crippen LogP contribution in [-0.4, -0.2) is 41.9 Å². The number of benzene rings is 3.